The van der Waals surface area contributed by atoms with Crippen LogP contribution in [0.5, 0.6) is 0 Å². The summed E-state index contributed by atoms with van der Waals surface area (Å²) in [5, 5.41) is 0. The van der Waals surface area contributed by atoms with Crippen LogP contribution in [-0.4, -0.2) is 19.5 Å². The second-order valence-electron chi connectivity index (χ2n) is 8.92. The third-order valence-electron chi connectivity index (χ3n) is 6.60. The molecule has 1 fully saturated rings. The number of hydrogen-bond donors (Lipinski definition) is 0. The largest absolute Gasteiger partial charge is 0.352 e. The van der Waals surface area contributed by atoms with Gasteiger partial charge in [-0.1, -0.05) is 43.7 Å². The highest BCUT2D eigenvalue weighted by molar-refractivity contribution is 5.76. The second-order valence-corrected chi connectivity index (χ2v) is 8.92. The van der Waals surface area contributed by atoms with Gasteiger partial charge in [-0.3, -0.25) is 0 Å². The molecule has 0 aromatic heterocycles. The summed E-state index contributed by atoms with van der Waals surface area (Å²) in [6.45, 7) is 6.75. The molecule has 1 aliphatic carbocycles. The number of aryl methyl sites for hydroxylation is 2. The molecular weight excluding hydrogens is 432 g/mol. The van der Waals surface area contributed by atoms with Crippen molar-refractivity contribution in [3.8, 4) is 11.1 Å². The number of halogens is 4. The quantitative estimate of drug-likeness (QED) is 0.299. The summed E-state index contributed by atoms with van der Waals surface area (Å²) in [5.41, 5.74) is 0.429. The normalized spacial score (nSPS) is 24.3. The number of benzene rings is 2. The Hall–Kier alpha value is -2.18. The number of allylic oxidation sites excluding steroid dienone is 1. The van der Waals surface area contributed by atoms with Crippen molar-refractivity contribution in [1.29, 1.82) is 0 Å². The van der Waals surface area contributed by atoms with Gasteiger partial charge in [0.2, 0.25) is 0 Å². The average molecular weight is 463 g/mol. The molecule has 0 radical (unpaired) electrons. The van der Waals surface area contributed by atoms with Crippen LogP contribution >= 0.6 is 0 Å². The Kier molecular flexibility index (Phi) is 7.55. The molecule has 1 saturated heterocycles. The van der Waals surface area contributed by atoms with Crippen LogP contribution in [0.1, 0.15) is 67.2 Å². The van der Waals surface area contributed by atoms with Crippen molar-refractivity contribution in [3.63, 3.8) is 0 Å². The lowest BCUT2D eigenvalue weighted by molar-refractivity contribution is -0.203. The number of hydrogen-bond acceptors (Lipinski definition) is 2. The minimum absolute atomic E-state index is 0.213. The molecule has 0 amide bonds. The summed E-state index contributed by atoms with van der Waals surface area (Å²) in [6.07, 6.45) is 0.540. The molecule has 2 nitrogen and oxygen atoms in total. The predicted octanol–water partition coefficient (Wildman–Crippen LogP) is 7.51. The average Bonchev–Trinajstić information content (AvgIpc) is 2.82. The van der Waals surface area contributed by atoms with Gasteiger partial charge in [0.25, 0.3) is 0 Å². The molecule has 0 N–H and O–H groups in total. The van der Waals surface area contributed by atoms with Crippen LogP contribution in [0, 0.1) is 17.6 Å². The van der Waals surface area contributed by atoms with Gasteiger partial charge >= 0.3 is 0 Å². The third kappa shape index (κ3) is 4.73. The Morgan fingerprint density at radius 2 is 1.42 bits per heavy atom. The maximum Gasteiger partial charge on any atom is 0.164 e. The molecule has 2 atom stereocenters. The number of fused-ring (bicyclic) bond motifs is 3. The zero-order valence-corrected chi connectivity index (χ0v) is 18.9. The Morgan fingerprint density at radius 3 is 1.94 bits per heavy atom. The SMILES string of the molecule is C=CCCC1COC(CCc2ccc3c(c2F)C(F)C(F)c2c-3ccc(CCC)c2F)OC1. The van der Waals surface area contributed by atoms with Crippen LogP contribution < -0.4 is 0 Å². The zero-order valence-electron chi connectivity index (χ0n) is 18.9. The number of ether oxygens (including phenoxy) is 2. The lowest BCUT2D eigenvalue weighted by atomic mass is 9.80. The van der Waals surface area contributed by atoms with E-state index in [4.69, 9.17) is 9.47 Å². The van der Waals surface area contributed by atoms with E-state index in [-0.39, 0.29) is 34.2 Å². The van der Waals surface area contributed by atoms with Gasteiger partial charge in [0.1, 0.15) is 11.6 Å². The highest BCUT2D eigenvalue weighted by Crippen LogP contribution is 2.51. The van der Waals surface area contributed by atoms with Gasteiger partial charge in [-0.05, 0) is 47.9 Å². The van der Waals surface area contributed by atoms with Crippen LogP contribution in [0.2, 0.25) is 0 Å². The maximum atomic E-state index is 15.3. The van der Waals surface area contributed by atoms with Gasteiger partial charge in [-0.25, -0.2) is 17.6 Å². The fourth-order valence-electron chi connectivity index (χ4n) is 4.78. The van der Waals surface area contributed by atoms with Crippen molar-refractivity contribution in [2.75, 3.05) is 13.2 Å². The van der Waals surface area contributed by atoms with E-state index in [0.717, 1.165) is 12.8 Å². The van der Waals surface area contributed by atoms with Gasteiger partial charge in [0.05, 0.1) is 13.2 Å². The highest BCUT2D eigenvalue weighted by atomic mass is 19.2. The molecule has 2 aromatic rings. The second kappa shape index (κ2) is 10.4. The van der Waals surface area contributed by atoms with Crippen molar-refractivity contribution in [2.45, 2.75) is 64.1 Å². The molecule has 2 aliphatic rings. The van der Waals surface area contributed by atoms with Crippen molar-refractivity contribution < 1.29 is 27.0 Å². The van der Waals surface area contributed by atoms with Crippen LogP contribution in [0.25, 0.3) is 11.1 Å². The van der Waals surface area contributed by atoms with Crippen LogP contribution in [0.3, 0.4) is 0 Å². The van der Waals surface area contributed by atoms with Crippen molar-refractivity contribution in [3.05, 3.63) is 70.8 Å². The summed E-state index contributed by atoms with van der Waals surface area (Å²) in [5.74, 6) is -1.18. The van der Waals surface area contributed by atoms with Gasteiger partial charge < -0.3 is 9.47 Å². The molecule has 0 saturated carbocycles. The Bertz CT molecular complexity index is 998. The number of rotatable bonds is 8. The van der Waals surface area contributed by atoms with Gasteiger partial charge in [0, 0.05) is 23.5 Å². The van der Waals surface area contributed by atoms with E-state index in [1.807, 2.05) is 13.0 Å². The van der Waals surface area contributed by atoms with Gasteiger partial charge in [-0.2, -0.15) is 0 Å². The van der Waals surface area contributed by atoms with Gasteiger partial charge in [0.15, 0.2) is 18.6 Å². The topological polar surface area (TPSA) is 18.5 Å². The first-order chi connectivity index (χ1) is 16.0. The summed E-state index contributed by atoms with van der Waals surface area (Å²) in [4.78, 5) is 0. The Labute approximate surface area is 192 Å². The van der Waals surface area contributed by atoms with E-state index in [0.29, 0.717) is 44.0 Å². The highest BCUT2D eigenvalue weighted by Gasteiger charge is 2.39. The van der Waals surface area contributed by atoms with Crippen LogP contribution in [0.4, 0.5) is 17.6 Å². The minimum Gasteiger partial charge on any atom is -0.352 e. The first-order valence-electron chi connectivity index (χ1n) is 11.7. The van der Waals surface area contributed by atoms with Gasteiger partial charge in [-0.15, -0.1) is 6.58 Å². The molecule has 2 aromatic carbocycles. The third-order valence-corrected chi connectivity index (χ3v) is 6.60. The first-order valence-corrected chi connectivity index (χ1v) is 11.7. The molecule has 0 bridgehead atoms. The first kappa shape index (κ1) is 24.0. The molecule has 2 unspecified atom stereocenters. The number of alkyl halides is 2. The monoisotopic (exact) mass is 462 g/mol. The molecular formula is C27H30F4O2. The fraction of sp³-hybridized carbons (Fsp3) is 0.481. The zero-order chi connectivity index (χ0) is 23.5. The van der Waals surface area contributed by atoms with Crippen LogP contribution in [0.15, 0.2) is 36.9 Å². The minimum atomic E-state index is -2.26. The smallest absolute Gasteiger partial charge is 0.164 e. The van der Waals surface area contributed by atoms with E-state index < -0.39 is 30.3 Å². The lowest BCUT2D eigenvalue weighted by Gasteiger charge is -2.30. The molecule has 1 aliphatic heterocycles. The molecule has 178 valence electrons. The van der Waals surface area contributed by atoms with Crippen molar-refractivity contribution in [2.24, 2.45) is 5.92 Å². The van der Waals surface area contributed by atoms with E-state index in [1.165, 1.54) is 0 Å². The van der Waals surface area contributed by atoms with Crippen molar-refractivity contribution in [1.82, 2.24) is 0 Å². The van der Waals surface area contributed by atoms with Crippen molar-refractivity contribution >= 4 is 0 Å². The predicted molar refractivity (Wildman–Crippen MR) is 120 cm³/mol. The molecule has 0 spiro atoms. The summed E-state index contributed by atoms with van der Waals surface area (Å²) >= 11 is 0. The van der Waals surface area contributed by atoms with E-state index in [2.05, 4.69) is 6.58 Å². The lowest BCUT2D eigenvalue weighted by Crippen LogP contribution is -2.32. The molecule has 1 heterocycles. The fourth-order valence-corrected chi connectivity index (χ4v) is 4.78. The summed E-state index contributed by atoms with van der Waals surface area (Å²) < 4.78 is 71.8. The molecule has 33 heavy (non-hydrogen) atoms. The summed E-state index contributed by atoms with van der Waals surface area (Å²) in [6, 6.07) is 6.29. The van der Waals surface area contributed by atoms with E-state index >= 15 is 13.2 Å². The molecule has 4 rings (SSSR count). The Morgan fingerprint density at radius 1 is 0.879 bits per heavy atom. The summed E-state index contributed by atoms with van der Waals surface area (Å²) in [7, 11) is 0. The standard InChI is InChI=1S/C27H30F4O2/c1-3-5-7-16-14-32-21(33-15-16)13-10-18-9-12-20-19-11-8-17(6-4-2)24(28)22(19)26(30)27(31)23(20)25(18)29/h3,8-9,11-12,16,21,26-27H,1,4-7,10,13-15H2,2H3. The van der Waals surface area contributed by atoms with E-state index in [9.17, 15) is 4.39 Å². The van der Waals surface area contributed by atoms with Crippen LogP contribution in [-0.2, 0) is 22.3 Å². The van der Waals surface area contributed by atoms with E-state index in [1.54, 1.807) is 24.3 Å². The Balaban J connectivity index is 1.53. The molecule has 6 heteroatoms. The maximum absolute atomic E-state index is 15.3.